The molecule has 19 heavy (non-hydrogen) atoms. The number of alkyl halides is 3. The summed E-state index contributed by atoms with van der Waals surface area (Å²) in [5.74, 6) is -3.48. The van der Waals surface area contributed by atoms with Gasteiger partial charge >= 0.3 is 6.36 Å². The molecule has 0 amide bonds. The third-order valence-corrected chi connectivity index (χ3v) is 2.02. The Morgan fingerprint density at radius 1 is 1.26 bits per heavy atom. The van der Waals surface area contributed by atoms with Gasteiger partial charge in [-0.05, 0) is 18.2 Å². The molecule has 0 bridgehead atoms. The van der Waals surface area contributed by atoms with E-state index in [1.54, 1.807) is 0 Å². The third kappa shape index (κ3) is 4.49. The largest absolute Gasteiger partial charge is 0.573 e. The van der Waals surface area contributed by atoms with Crippen LogP contribution in [0.2, 0.25) is 0 Å². The highest BCUT2D eigenvalue weighted by Crippen LogP contribution is 2.33. The molecule has 0 fully saturated rings. The number of ether oxygens (including phenoxy) is 2. The third-order valence-electron chi connectivity index (χ3n) is 2.02. The van der Waals surface area contributed by atoms with Crippen molar-refractivity contribution in [3.63, 3.8) is 0 Å². The van der Waals surface area contributed by atoms with Crippen LogP contribution in [0, 0.1) is 0 Å². The molecule has 0 N–H and O–H groups in total. The van der Waals surface area contributed by atoms with Crippen molar-refractivity contribution in [2.45, 2.75) is 12.8 Å². The lowest BCUT2D eigenvalue weighted by atomic mass is 10.1. The molecule has 0 saturated heterocycles. The maximum atomic E-state index is 12.1. The number of carbonyl (C=O) groups excluding carboxylic acids is 2. The molecule has 1 rings (SSSR count). The number of methoxy groups -OCH3 is 1. The number of aliphatic carboxylic acids is 1. The van der Waals surface area contributed by atoms with Crippen LogP contribution in [-0.4, -0.2) is 25.2 Å². The zero-order valence-corrected chi connectivity index (χ0v) is 9.61. The van der Waals surface area contributed by atoms with Gasteiger partial charge in [-0.25, -0.2) is 0 Å². The van der Waals surface area contributed by atoms with Crippen molar-refractivity contribution in [3.05, 3.63) is 23.8 Å². The number of carboxylic acids is 1. The second kappa shape index (κ2) is 5.59. The topological polar surface area (TPSA) is 75.7 Å². The molecule has 1 aromatic rings. The van der Waals surface area contributed by atoms with Crippen molar-refractivity contribution in [2.24, 2.45) is 0 Å². The molecular formula is C11H8F3O5-. The molecule has 1 aromatic carbocycles. The van der Waals surface area contributed by atoms with E-state index in [1.807, 2.05) is 0 Å². The second-order valence-corrected chi connectivity index (χ2v) is 3.39. The van der Waals surface area contributed by atoms with Crippen LogP contribution >= 0.6 is 0 Å². The smallest absolute Gasteiger partial charge is 0.550 e. The Morgan fingerprint density at radius 2 is 1.89 bits per heavy atom. The number of benzene rings is 1. The maximum absolute atomic E-state index is 12.1. The van der Waals surface area contributed by atoms with Crippen molar-refractivity contribution < 1.29 is 37.3 Å². The molecule has 0 atom stereocenters. The monoisotopic (exact) mass is 277 g/mol. The molecule has 0 aliphatic heterocycles. The SMILES string of the molecule is COc1ccc(C(=O)CC(=O)[O-])cc1OC(F)(F)F. The van der Waals surface area contributed by atoms with Gasteiger partial charge in [-0.1, -0.05) is 0 Å². The van der Waals surface area contributed by atoms with Crippen LogP contribution in [0.3, 0.4) is 0 Å². The molecule has 8 heteroatoms. The van der Waals surface area contributed by atoms with Crippen molar-refractivity contribution in [1.82, 2.24) is 0 Å². The van der Waals surface area contributed by atoms with E-state index in [4.69, 9.17) is 0 Å². The van der Waals surface area contributed by atoms with Gasteiger partial charge in [0.25, 0.3) is 0 Å². The Bertz CT molecular complexity index is 496. The molecule has 5 nitrogen and oxygen atoms in total. The molecule has 0 aromatic heterocycles. The summed E-state index contributed by atoms with van der Waals surface area (Å²) in [6.07, 6.45) is -5.89. The van der Waals surface area contributed by atoms with E-state index >= 15 is 0 Å². The fourth-order valence-electron chi connectivity index (χ4n) is 1.29. The number of carboxylic acid groups (broad SMARTS) is 1. The number of hydrogen-bond donors (Lipinski definition) is 0. The summed E-state index contributed by atoms with van der Waals surface area (Å²) >= 11 is 0. The highest BCUT2D eigenvalue weighted by atomic mass is 19.4. The van der Waals surface area contributed by atoms with Crippen LogP contribution in [0.1, 0.15) is 16.8 Å². The number of ketones is 1. The van der Waals surface area contributed by atoms with Crippen molar-refractivity contribution >= 4 is 11.8 Å². The zero-order valence-electron chi connectivity index (χ0n) is 9.61. The number of carbonyl (C=O) groups is 2. The average Bonchev–Trinajstić information content (AvgIpc) is 2.25. The van der Waals surface area contributed by atoms with E-state index in [0.29, 0.717) is 0 Å². The average molecular weight is 277 g/mol. The van der Waals surface area contributed by atoms with E-state index in [0.717, 1.165) is 25.3 Å². The highest BCUT2D eigenvalue weighted by Gasteiger charge is 2.32. The van der Waals surface area contributed by atoms with Gasteiger partial charge in [0.1, 0.15) is 0 Å². The first-order valence-corrected chi connectivity index (χ1v) is 4.90. The number of Topliss-reactive ketones (excluding diaryl/α,β-unsaturated/α-hetero) is 1. The summed E-state index contributed by atoms with van der Waals surface area (Å²) in [6.45, 7) is 0. The van der Waals surface area contributed by atoms with E-state index in [2.05, 4.69) is 9.47 Å². The Balaban J connectivity index is 3.07. The first-order chi connectivity index (χ1) is 8.73. The quantitative estimate of drug-likeness (QED) is 0.591. The normalized spacial score (nSPS) is 10.9. The lowest BCUT2D eigenvalue weighted by Gasteiger charge is -2.13. The van der Waals surface area contributed by atoms with Crippen molar-refractivity contribution in [3.8, 4) is 11.5 Å². The summed E-state index contributed by atoms with van der Waals surface area (Å²) in [4.78, 5) is 21.6. The Kier molecular flexibility index (Phi) is 4.36. The Morgan fingerprint density at radius 3 is 2.37 bits per heavy atom. The summed E-state index contributed by atoms with van der Waals surface area (Å²) in [7, 11) is 1.13. The van der Waals surface area contributed by atoms with Crippen LogP contribution in [0.15, 0.2) is 18.2 Å². The summed E-state index contributed by atoms with van der Waals surface area (Å²) < 4.78 is 44.7. The molecule has 0 aliphatic rings. The summed E-state index contributed by atoms with van der Waals surface area (Å²) in [5, 5.41) is 10.3. The van der Waals surface area contributed by atoms with E-state index in [9.17, 15) is 27.9 Å². The number of rotatable bonds is 5. The van der Waals surface area contributed by atoms with E-state index in [-0.39, 0.29) is 11.3 Å². The molecule has 0 unspecified atom stereocenters. The first-order valence-electron chi connectivity index (χ1n) is 4.90. The van der Waals surface area contributed by atoms with Gasteiger partial charge in [0, 0.05) is 11.5 Å². The van der Waals surface area contributed by atoms with Crippen LogP contribution in [0.4, 0.5) is 13.2 Å². The van der Waals surface area contributed by atoms with Gasteiger partial charge in [-0.15, -0.1) is 13.2 Å². The lowest BCUT2D eigenvalue weighted by Crippen LogP contribution is -2.25. The number of halogens is 3. The fourth-order valence-corrected chi connectivity index (χ4v) is 1.29. The maximum Gasteiger partial charge on any atom is 0.573 e. The molecule has 0 spiro atoms. The molecule has 0 saturated carbocycles. The van der Waals surface area contributed by atoms with E-state index < -0.39 is 30.3 Å². The summed E-state index contributed by atoms with van der Waals surface area (Å²) in [6, 6.07) is 2.97. The van der Waals surface area contributed by atoms with Crippen LogP contribution in [-0.2, 0) is 4.79 Å². The molecule has 0 heterocycles. The Labute approximate surface area is 105 Å². The minimum atomic E-state index is -4.96. The van der Waals surface area contributed by atoms with Gasteiger partial charge in [0.2, 0.25) is 0 Å². The van der Waals surface area contributed by atoms with Crippen molar-refractivity contribution in [2.75, 3.05) is 7.11 Å². The minimum Gasteiger partial charge on any atom is -0.550 e. The standard InChI is InChI=1S/C11H9F3O5/c1-18-8-3-2-6(7(15)5-10(16)17)4-9(8)19-11(12,13)14/h2-4H,5H2,1H3,(H,16,17)/p-1. The lowest BCUT2D eigenvalue weighted by molar-refractivity contribution is -0.304. The molecule has 104 valence electrons. The summed E-state index contributed by atoms with van der Waals surface area (Å²) in [5.41, 5.74) is -0.246. The van der Waals surface area contributed by atoms with Gasteiger partial charge in [-0.2, -0.15) is 0 Å². The highest BCUT2D eigenvalue weighted by molar-refractivity contribution is 6.05. The van der Waals surface area contributed by atoms with Crippen LogP contribution in [0.25, 0.3) is 0 Å². The zero-order chi connectivity index (χ0) is 14.6. The minimum absolute atomic E-state index is 0.234. The van der Waals surface area contributed by atoms with Gasteiger partial charge < -0.3 is 19.4 Å². The Hall–Kier alpha value is -2.25. The van der Waals surface area contributed by atoms with Gasteiger partial charge in [0.05, 0.1) is 13.5 Å². The van der Waals surface area contributed by atoms with Crippen LogP contribution < -0.4 is 14.6 Å². The van der Waals surface area contributed by atoms with Gasteiger partial charge in [0.15, 0.2) is 17.3 Å². The number of hydrogen-bond acceptors (Lipinski definition) is 5. The fraction of sp³-hybridized carbons (Fsp3) is 0.273. The van der Waals surface area contributed by atoms with E-state index in [1.165, 1.54) is 0 Å². The predicted molar refractivity (Wildman–Crippen MR) is 53.6 cm³/mol. The molecular weight excluding hydrogens is 269 g/mol. The molecule has 0 radical (unpaired) electrons. The van der Waals surface area contributed by atoms with Crippen LogP contribution in [0.5, 0.6) is 11.5 Å². The van der Waals surface area contributed by atoms with Crippen molar-refractivity contribution in [1.29, 1.82) is 0 Å². The first kappa shape index (κ1) is 14.8. The molecule has 0 aliphatic carbocycles. The second-order valence-electron chi connectivity index (χ2n) is 3.39. The van der Waals surface area contributed by atoms with Gasteiger partial charge in [-0.3, -0.25) is 4.79 Å². The predicted octanol–water partition coefficient (Wildman–Crippen LogP) is 0.916.